The Bertz CT molecular complexity index is 1720. The lowest BCUT2D eigenvalue weighted by atomic mass is 9.76. The molecule has 1 aromatic carbocycles. The zero-order valence-electron chi connectivity index (χ0n) is 27.8. The molecule has 0 spiro atoms. The predicted molar refractivity (Wildman–Crippen MR) is 187 cm³/mol. The maximum absolute atomic E-state index is 14.1. The number of amides is 2. The highest BCUT2D eigenvalue weighted by molar-refractivity contribution is 7.19. The Hall–Kier alpha value is -3.49. The summed E-state index contributed by atoms with van der Waals surface area (Å²) in [5.41, 5.74) is 6.62. The van der Waals surface area contributed by atoms with Crippen molar-refractivity contribution in [1.82, 2.24) is 25.5 Å². The fourth-order valence-corrected chi connectivity index (χ4v) is 9.65. The van der Waals surface area contributed by atoms with Gasteiger partial charge in [-0.25, -0.2) is 4.79 Å². The first kappa shape index (κ1) is 31.1. The van der Waals surface area contributed by atoms with Crippen molar-refractivity contribution in [3.8, 4) is 11.3 Å². The van der Waals surface area contributed by atoms with Crippen LogP contribution in [0.1, 0.15) is 85.4 Å². The lowest BCUT2D eigenvalue weighted by Gasteiger charge is -2.33. The Morgan fingerprint density at radius 2 is 1.85 bits per heavy atom. The summed E-state index contributed by atoms with van der Waals surface area (Å²) in [6.45, 7) is 13.7. The van der Waals surface area contributed by atoms with E-state index in [0.717, 1.165) is 66.3 Å². The molecule has 4 aromatic rings. The SMILES string of the molecule is Cc1cc(C)cc(-c2[nH]c3sc(C(C)(C)C(=O)C4C5CCC4NC5)cc3c2[C@H](C)CNC(=O)N2CCCC(c3ccncc3)C2)c1. The van der Waals surface area contributed by atoms with Crippen molar-refractivity contribution in [1.29, 1.82) is 0 Å². The van der Waals surface area contributed by atoms with Crippen LogP contribution >= 0.6 is 11.3 Å². The molecule has 3 aromatic heterocycles. The second-order valence-corrected chi connectivity index (χ2v) is 15.7. The van der Waals surface area contributed by atoms with E-state index < -0.39 is 5.41 Å². The number of benzene rings is 1. The van der Waals surface area contributed by atoms with Crippen LogP contribution in [0.5, 0.6) is 0 Å². The van der Waals surface area contributed by atoms with Gasteiger partial charge in [0.2, 0.25) is 0 Å². The molecule has 3 aliphatic rings. The minimum atomic E-state index is -0.559. The number of piperidine rings is 2. The molecule has 7 nitrogen and oxygen atoms in total. The van der Waals surface area contributed by atoms with Crippen LogP contribution in [0.3, 0.4) is 0 Å². The molecule has 3 N–H and O–H groups in total. The second-order valence-electron chi connectivity index (χ2n) is 14.7. The van der Waals surface area contributed by atoms with Gasteiger partial charge in [-0.3, -0.25) is 9.78 Å². The minimum absolute atomic E-state index is 0.00266. The van der Waals surface area contributed by atoms with Crippen LogP contribution in [0, 0.1) is 25.7 Å². The first-order valence-electron chi connectivity index (χ1n) is 17.0. The van der Waals surface area contributed by atoms with Gasteiger partial charge >= 0.3 is 6.03 Å². The summed E-state index contributed by atoms with van der Waals surface area (Å²) in [5, 5.41) is 8.04. The van der Waals surface area contributed by atoms with Crippen LogP contribution in [0.2, 0.25) is 0 Å². The average Bonchev–Trinajstić information content (AvgIpc) is 3.83. The number of Topliss-reactive ketones (excluding diaryl/α,β-unsaturated/α-hetero) is 1. The molecular weight excluding hydrogens is 591 g/mol. The van der Waals surface area contributed by atoms with E-state index in [4.69, 9.17) is 0 Å². The number of aromatic nitrogens is 2. The standard InChI is InChI=1S/C38H47N5O2S/c1-22-15-23(2)17-28(16-22)34-32(24(3)19-41-37(45)43-14-6-7-27(21-43)25-10-12-39-13-11-25)29-18-31(46-36(29)42-34)38(4,5)35(44)33-26-8-9-30(33)40-20-26/h10-13,15-18,24,26-27,30,33,40,42H,6-9,14,19-21H2,1-5H3,(H,41,45)/t24-,26?,27?,30?,33?/m1/s1. The van der Waals surface area contributed by atoms with E-state index in [1.807, 2.05) is 17.3 Å². The molecule has 2 bridgehead atoms. The zero-order chi connectivity index (χ0) is 32.2. The second kappa shape index (κ2) is 12.3. The smallest absolute Gasteiger partial charge is 0.317 e. The number of aryl methyl sites for hydroxylation is 2. The van der Waals surface area contributed by atoms with Gasteiger partial charge in [-0.15, -0.1) is 11.3 Å². The first-order valence-corrected chi connectivity index (χ1v) is 17.9. The Labute approximate surface area is 276 Å². The van der Waals surface area contributed by atoms with Crippen LogP contribution in [-0.4, -0.2) is 58.9 Å². The lowest BCUT2D eigenvalue weighted by molar-refractivity contribution is -0.128. The number of ketones is 1. The molecule has 2 saturated heterocycles. The summed E-state index contributed by atoms with van der Waals surface area (Å²) in [4.78, 5) is 39.7. The number of rotatable bonds is 8. The van der Waals surface area contributed by atoms with Crippen LogP contribution in [0.15, 0.2) is 48.8 Å². The fraction of sp³-hybridized carbons (Fsp3) is 0.500. The van der Waals surface area contributed by atoms with Crippen LogP contribution in [0.25, 0.3) is 21.5 Å². The third kappa shape index (κ3) is 5.68. The summed E-state index contributed by atoms with van der Waals surface area (Å²) >= 11 is 1.72. The number of nitrogens with zero attached hydrogens (tertiary/aromatic N) is 2. The highest BCUT2D eigenvalue weighted by Gasteiger charge is 2.50. The Morgan fingerprint density at radius 1 is 1.09 bits per heavy atom. The molecule has 8 heteroatoms. The van der Waals surface area contributed by atoms with Crippen molar-refractivity contribution in [2.75, 3.05) is 26.2 Å². The summed E-state index contributed by atoms with van der Waals surface area (Å²) < 4.78 is 0. The molecule has 0 radical (unpaired) electrons. The van der Waals surface area contributed by atoms with E-state index in [1.165, 1.54) is 27.6 Å². The summed E-state index contributed by atoms with van der Waals surface area (Å²) in [7, 11) is 0. The van der Waals surface area contributed by atoms with Crippen molar-refractivity contribution in [3.63, 3.8) is 0 Å². The summed E-state index contributed by atoms with van der Waals surface area (Å²) in [6, 6.07) is 13.4. The maximum atomic E-state index is 14.1. The quantitative estimate of drug-likeness (QED) is 0.187. The van der Waals surface area contributed by atoms with Crippen molar-refractivity contribution >= 4 is 33.4 Å². The first-order chi connectivity index (χ1) is 22.1. The molecule has 5 atom stereocenters. The van der Waals surface area contributed by atoms with E-state index >= 15 is 0 Å². The van der Waals surface area contributed by atoms with Gasteiger partial charge < -0.3 is 20.5 Å². The van der Waals surface area contributed by atoms with Gasteiger partial charge in [0, 0.05) is 66.1 Å². The Balaban J connectivity index is 1.16. The molecule has 5 heterocycles. The molecule has 242 valence electrons. The Morgan fingerprint density at radius 3 is 2.52 bits per heavy atom. The number of carbonyl (C=O) groups excluding carboxylic acids is 2. The van der Waals surface area contributed by atoms with Gasteiger partial charge in [-0.1, -0.05) is 24.1 Å². The molecule has 4 unspecified atom stereocenters. The van der Waals surface area contributed by atoms with Gasteiger partial charge in [0.1, 0.15) is 10.6 Å². The van der Waals surface area contributed by atoms with E-state index in [1.54, 1.807) is 11.3 Å². The number of aromatic amines is 1. The Kier molecular flexibility index (Phi) is 8.30. The number of carbonyl (C=O) groups is 2. The van der Waals surface area contributed by atoms with Gasteiger partial charge in [-0.2, -0.15) is 0 Å². The number of likely N-dealkylation sites (tertiary alicyclic amines) is 1. The number of thiophene rings is 1. The van der Waals surface area contributed by atoms with E-state index in [0.29, 0.717) is 30.2 Å². The molecule has 1 aliphatic carbocycles. The minimum Gasteiger partial charge on any atom is -0.346 e. The molecule has 3 fully saturated rings. The number of H-pyrrole nitrogens is 1. The van der Waals surface area contributed by atoms with E-state index in [9.17, 15) is 9.59 Å². The molecule has 1 saturated carbocycles. The largest absolute Gasteiger partial charge is 0.346 e. The monoisotopic (exact) mass is 637 g/mol. The zero-order valence-corrected chi connectivity index (χ0v) is 28.6. The molecule has 2 amide bonds. The predicted octanol–water partition coefficient (Wildman–Crippen LogP) is 7.45. The number of hydrogen-bond acceptors (Lipinski definition) is 5. The van der Waals surface area contributed by atoms with E-state index in [-0.39, 0.29) is 17.9 Å². The normalized spacial score (nSPS) is 23.6. The van der Waals surface area contributed by atoms with Gasteiger partial charge in [-0.05, 0) is 113 Å². The third-order valence-electron chi connectivity index (χ3n) is 10.9. The van der Waals surface area contributed by atoms with Crippen molar-refractivity contribution in [3.05, 3.63) is 75.9 Å². The highest BCUT2D eigenvalue weighted by atomic mass is 32.1. The average molecular weight is 638 g/mol. The molecule has 7 rings (SSSR count). The van der Waals surface area contributed by atoms with Crippen LogP contribution in [-0.2, 0) is 10.2 Å². The van der Waals surface area contributed by atoms with Crippen molar-refractivity contribution in [2.24, 2.45) is 11.8 Å². The van der Waals surface area contributed by atoms with Crippen LogP contribution < -0.4 is 10.6 Å². The number of pyridine rings is 1. The van der Waals surface area contributed by atoms with Crippen LogP contribution in [0.4, 0.5) is 4.79 Å². The molecular formula is C38H47N5O2S. The number of hydrogen-bond donors (Lipinski definition) is 3. The number of fused-ring (bicyclic) bond motifs is 3. The van der Waals surface area contributed by atoms with E-state index in [2.05, 4.69) is 91.6 Å². The van der Waals surface area contributed by atoms with Gasteiger partial charge in [0.15, 0.2) is 0 Å². The molecule has 2 aliphatic heterocycles. The van der Waals surface area contributed by atoms with Crippen molar-refractivity contribution < 1.29 is 9.59 Å². The highest BCUT2D eigenvalue weighted by Crippen LogP contribution is 2.46. The molecule has 46 heavy (non-hydrogen) atoms. The third-order valence-corrected chi connectivity index (χ3v) is 12.3. The lowest BCUT2D eigenvalue weighted by Crippen LogP contribution is -2.45. The summed E-state index contributed by atoms with van der Waals surface area (Å²) in [5.74, 6) is 1.35. The van der Waals surface area contributed by atoms with Gasteiger partial charge in [0.05, 0.1) is 11.1 Å². The topological polar surface area (TPSA) is 90.1 Å². The van der Waals surface area contributed by atoms with Crippen molar-refractivity contribution in [2.45, 2.75) is 83.6 Å². The maximum Gasteiger partial charge on any atom is 0.317 e. The number of nitrogens with one attached hydrogen (secondary N) is 3. The number of urea groups is 1. The fourth-order valence-electron chi connectivity index (χ4n) is 8.47. The van der Waals surface area contributed by atoms with Gasteiger partial charge in [0.25, 0.3) is 0 Å². The summed E-state index contributed by atoms with van der Waals surface area (Å²) in [6.07, 6.45) is 8.02.